The molecule has 1 aromatic carbocycles. The molecule has 0 spiro atoms. The van der Waals surface area contributed by atoms with Crippen LogP contribution >= 0.6 is 0 Å². The summed E-state index contributed by atoms with van der Waals surface area (Å²) in [5.74, 6) is 1.33. The predicted molar refractivity (Wildman–Crippen MR) is 78.3 cm³/mol. The average molecular weight is 283 g/mol. The van der Waals surface area contributed by atoms with Gasteiger partial charge in [0.2, 0.25) is 0 Å². The molecule has 20 heavy (non-hydrogen) atoms. The Morgan fingerprint density at radius 3 is 2.55 bits per heavy atom. The van der Waals surface area contributed by atoms with Crippen molar-refractivity contribution >= 4 is 0 Å². The molecule has 0 heterocycles. The Balaban J connectivity index is 2.78. The Morgan fingerprint density at radius 2 is 1.95 bits per heavy atom. The van der Waals surface area contributed by atoms with E-state index >= 15 is 0 Å². The monoisotopic (exact) mass is 283 g/mol. The summed E-state index contributed by atoms with van der Waals surface area (Å²) >= 11 is 0. The van der Waals surface area contributed by atoms with E-state index in [1.165, 1.54) is 0 Å². The van der Waals surface area contributed by atoms with Gasteiger partial charge in [0.15, 0.2) is 11.5 Å². The normalized spacial score (nSPS) is 12.5. The Bertz CT molecular complexity index is 395. The van der Waals surface area contributed by atoms with E-state index in [-0.39, 0.29) is 13.2 Å². The fraction of sp³-hybridized carbons (Fsp3) is 0.600. The molecule has 0 amide bonds. The molecule has 0 saturated heterocycles. The maximum absolute atomic E-state index is 9.68. The van der Waals surface area contributed by atoms with E-state index in [9.17, 15) is 5.11 Å². The minimum atomic E-state index is -0.657. The highest BCUT2D eigenvalue weighted by Gasteiger charge is 2.13. The highest BCUT2D eigenvalue weighted by atomic mass is 16.5. The lowest BCUT2D eigenvalue weighted by atomic mass is 10.1. The van der Waals surface area contributed by atoms with Gasteiger partial charge in [-0.25, -0.2) is 0 Å². The zero-order valence-corrected chi connectivity index (χ0v) is 12.7. The second-order valence-corrected chi connectivity index (χ2v) is 4.90. The standard InChI is InChI=1S/C15H25NO4/c1-11(2)16-8-12-6-5-7-14(19-4)15(12)20-10-13(17)9-18-3/h5-7,11,13,16-17H,8-10H2,1-4H3. The van der Waals surface area contributed by atoms with E-state index in [2.05, 4.69) is 19.2 Å². The number of nitrogens with one attached hydrogen (secondary N) is 1. The smallest absolute Gasteiger partial charge is 0.165 e. The van der Waals surface area contributed by atoms with Crippen LogP contribution in [0.15, 0.2) is 18.2 Å². The molecule has 0 aromatic heterocycles. The van der Waals surface area contributed by atoms with E-state index in [1.54, 1.807) is 14.2 Å². The van der Waals surface area contributed by atoms with Crippen LogP contribution in [-0.4, -0.2) is 44.7 Å². The fourth-order valence-corrected chi connectivity index (χ4v) is 1.76. The van der Waals surface area contributed by atoms with E-state index in [0.717, 1.165) is 5.56 Å². The summed E-state index contributed by atoms with van der Waals surface area (Å²) in [6.45, 7) is 5.27. The van der Waals surface area contributed by atoms with Gasteiger partial charge in [0, 0.05) is 25.3 Å². The van der Waals surface area contributed by atoms with Crippen molar-refractivity contribution in [3.05, 3.63) is 23.8 Å². The van der Waals surface area contributed by atoms with Crippen molar-refractivity contribution in [3.63, 3.8) is 0 Å². The van der Waals surface area contributed by atoms with E-state index in [4.69, 9.17) is 14.2 Å². The molecule has 0 aliphatic carbocycles. The SMILES string of the molecule is COCC(O)COc1c(CNC(C)C)cccc1OC. The van der Waals surface area contributed by atoms with Crippen LogP contribution in [0.2, 0.25) is 0 Å². The molecule has 0 radical (unpaired) electrons. The van der Waals surface area contributed by atoms with Gasteiger partial charge < -0.3 is 24.6 Å². The second-order valence-electron chi connectivity index (χ2n) is 4.90. The van der Waals surface area contributed by atoms with Gasteiger partial charge in [-0.2, -0.15) is 0 Å². The number of hydrogen-bond donors (Lipinski definition) is 2. The third-order valence-electron chi connectivity index (χ3n) is 2.76. The molecular formula is C15H25NO4. The van der Waals surface area contributed by atoms with Crippen molar-refractivity contribution in [1.82, 2.24) is 5.32 Å². The van der Waals surface area contributed by atoms with E-state index in [0.29, 0.717) is 24.1 Å². The Labute approximate surface area is 120 Å². The third-order valence-corrected chi connectivity index (χ3v) is 2.76. The van der Waals surface area contributed by atoms with Crippen LogP contribution in [0.25, 0.3) is 0 Å². The van der Waals surface area contributed by atoms with Gasteiger partial charge in [0.25, 0.3) is 0 Å². The van der Waals surface area contributed by atoms with Crippen molar-refractivity contribution in [3.8, 4) is 11.5 Å². The lowest BCUT2D eigenvalue weighted by Crippen LogP contribution is -2.25. The molecular weight excluding hydrogens is 258 g/mol. The highest BCUT2D eigenvalue weighted by molar-refractivity contribution is 5.46. The zero-order chi connectivity index (χ0) is 15.0. The Hall–Kier alpha value is -1.30. The maximum atomic E-state index is 9.68. The molecule has 2 N–H and O–H groups in total. The predicted octanol–water partition coefficient (Wildman–Crippen LogP) is 1.58. The molecule has 5 nitrogen and oxygen atoms in total. The quantitative estimate of drug-likeness (QED) is 0.720. The largest absolute Gasteiger partial charge is 0.493 e. The van der Waals surface area contributed by atoms with Gasteiger partial charge in [-0.1, -0.05) is 26.0 Å². The average Bonchev–Trinajstić information content (AvgIpc) is 2.43. The number of hydrogen-bond acceptors (Lipinski definition) is 5. The van der Waals surface area contributed by atoms with Crippen LogP contribution in [-0.2, 0) is 11.3 Å². The van der Waals surface area contributed by atoms with Gasteiger partial charge in [-0.05, 0) is 6.07 Å². The number of aliphatic hydroxyl groups excluding tert-OH is 1. The fourth-order valence-electron chi connectivity index (χ4n) is 1.76. The van der Waals surface area contributed by atoms with Crippen molar-refractivity contribution in [1.29, 1.82) is 0 Å². The van der Waals surface area contributed by atoms with E-state index in [1.807, 2.05) is 18.2 Å². The topological polar surface area (TPSA) is 60.0 Å². The summed E-state index contributed by atoms with van der Waals surface area (Å²) in [6.07, 6.45) is -0.657. The minimum Gasteiger partial charge on any atom is -0.493 e. The molecule has 1 unspecified atom stereocenters. The van der Waals surface area contributed by atoms with Crippen LogP contribution in [0, 0.1) is 0 Å². The van der Waals surface area contributed by atoms with Crippen LogP contribution < -0.4 is 14.8 Å². The van der Waals surface area contributed by atoms with Crippen molar-refractivity contribution < 1.29 is 19.3 Å². The van der Waals surface area contributed by atoms with Crippen LogP contribution in [0.5, 0.6) is 11.5 Å². The van der Waals surface area contributed by atoms with Gasteiger partial charge in [-0.3, -0.25) is 0 Å². The lowest BCUT2D eigenvalue weighted by molar-refractivity contribution is 0.0316. The van der Waals surface area contributed by atoms with Crippen molar-refractivity contribution in [2.45, 2.75) is 32.5 Å². The zero-order valence-electron chi connectivity index (χ0n) is 12.7. The number of ether oxygens (including phenoxy) is 3. The number of aliphatic hydroxyl groups is 1. The molecule has 0 aliphatic heterocycles. The molecule has 1 rings (SSSR count). The van der Waals surface area contributed by atoms with Crippen LogP contribution in [0.1, 0.15) is 19.4 Å². The maximum Gasteiger partial charge on any atom is 0.165 e. The summed E-state index contributed by atoms with van der Waals surface area (Å²) in [4.78, 5) is 0. The number of benzene rings is 1. The minimum absolute atomic E-state index is 0.170. The molecule has 5 heteroatoms. The molecule has 114 valence electrons. The molecule has 1 aromatic rings. The lowest BCUT2D eigenvalue weighted by Gasteiger charge is -2.18. The number of para-hydroxylation sites is 1. The Morgan fingerprint density at radius 1 is 1.20 bits per heavy atom. The van der Waals surface area contributed by atoms with Crippen LogP contribution in [0.3, 0.4) is 0 Å². The van der Waals surface area contributed by atoms with Gasteiger partial charge in [-0.15, -0.1) is 0 Å². The molecule has 0 bridgehead atoms. The first kappa shape index (κ1) is 16.8. The Kier molecular flexibility index (Phi) is 7.36. The van der Waals surface area contributed by atoms with Crippen molar-refractivity contribution in [2.75, 3.05) is 27.4 Å². The summed E-state index contributed by atoms with van der Waals surface area (Å²) in [5.41, 5.74) is 1.00. The summed E-state index contributed by atoms with van der Waals surface area (Å²) in [6, 6.07) is 6.13. The van der Waals surface area contributed by atoms with E-state index < -0.39 is 6.10 Å². The van der Waals surface area contributed by atoms with Gasteiger partial charge in [0.05, 0.1) is 13.7 Å². The molecule has 0 fully saturated rings. The first-order valence-electron chi connectivity index (χ1n) is 6.77. The summed E-state index contributed by atoms with van der Waals surface area (Å²) < 4.78 is 15.9. The number of rotatable bonds is 9. The van der Waals surface area contributed by atoms with Crippen molar-refractivity contribution in [2.24, 2.45) is 0 Å². The summed E-state index contributed by atoms with van der Waals surface area (Å²) in [5, 5.41) is 13.0. The molecule has 0 saturated carbocycles. The first-order valence-corrected chi connectivity index (χ1v) is 6.77. The first-order chi connectivity index (χ1) is 9.58. The third kappa shape index (κ3) is 5.36. The number of methoxy groups -OCH3 is 2. The highest BCUT2D eigenvalue weighted by Crippen LogP contribution is 2.31. The molecule has 0 aliphatic rings. The summed E-state index contributed by atoms with van der Waals surface area (Å²) in [7, 11) is 3.15. The second kappa shape index (κ2) is 8.79. The molecule has 1 atom stereocenters. The van der Waals surface area contributed by atoms with Gasteiger partial charge in [0.1, 0.15) is 12.7 Å². The van der Waals surface area contributed by atoms with Gasteiger partial charge >= 0.3 is 0 Å². The van der Waals surface area contributed by atoms with Crippen LogP contribution in [0.4, 0.5) is 0 Å².